The molecule has 0 heterocycles. The second kappa shape index (κ2) is 8.78. The summed E-state index contributed by atoms with van der Waals surface area (Å²) in [6.07, 6.45) is 3.57. The van der Waals surface area contributed by atoms with E-state index in [9.17, 15) is 9.59 Å². The number of urea groups is 1. The fourth-order valence-electron chi connectivity index (χ4n) is 1.65. The normalized spacial score (nSPS) is 12.3. The van der Waals surface area contributed by atoms with Gasteiger partial charge in [0.2, 0.25) is 0 Å². The highest BCUT2D eigenvalue weighted by atomic mass is 16.4. The molecule has 0 bridgehead atoms. The molecule has 0 radical (unpaired) electrons. The number of carboxylic acid groups (broad SMARTS) is 1. The highest BCUT2D eigenvalue weighted by Crippen LogP contribution is 2.06. The third kappa shape index (κ3) is 7.14. The maximum atomic E-state index is 11.8. The van der Waals surface area contributed by atoms with Crippen molar-refractivity contribution in [3.05, 3.63) is 0 Å². The highest BCUT2D eigenvalue weighted by molar-refractivity contribution is 5.82. The predicted molar refractivity (Wildman–Crippen MR) is 71.6 cm³/mol. The van der Waals surface area contributed by atoms with Crippen LogP contribution in [-0.2, 0) is 4.79 Å². The van der Waals surface area contributed by atoms with Gasteiger partial charge in [0.1, 0.15) is 6.04 Å². The van der Waals surface area contributed by atoms with E-state index >= 15 is 0 Å². The first kappa shape index (κ1) is 16.7. The molecule has 0 spiro atoms. The lowest BCUT2D eigenvalue weighted by Gasteiger charge is -2.22. The van der Waals surface area contributed by atoms with E-state index in [2.05, 4.69) is 12.2 Å². The Morgan fingerprint density at radius 1 is 1.28 bits per heavy atom. The van der Waals surface area contributed by atoms with Gasteiger partial charge in [-0.1, -0.05) is 33.6 Å². The lowest BCUT2D eigenvalue weighted by atomic mass is 10.0. The topological polar surface area (TPSA) is 69.6 Å². The van der Waals surface area contributed by atoms with Gasteiger partial charge in [0.05, 0.1) is 0 Å². The van der Waals surface area contributed by atoms with Crippen LogP contribution in [0.2, 0.25) is 0 Å². The molecule has 0 aromatic heterocycles. The maximum absolute atomic E-state index is 11.8. The fraction of sp³-hybridized carbons (Fsp3) is 0.846. The number of unbranched alkanes of at least 4 members (excludes halogenated alkanes) is 2. The molecular formula is C13H26N2O3. The first-order valence-electron chi connectivity index (χ1n) is 6.62. The third-order valence-electron chi connectivity index (χ3n) is 2.75. The largest absolute Gasteiger partial charge is 0.480 e. The first-order chi connectivity index (χ1) is 8.38. The van der Waals surface area contributed by atoms with E-state index in [0.29, 0.717) is 13.0 Å². The number of amides is 2. The number of carbonyl (C=O) groups is 2. The van der Waals surface area contributed by atoms with Crippen LogP contribution in [0.15, 0.2) is 0 Å². The second-order valence-electron chi connectivity index (χ2n) is 5.10. The molecule has 0 aromatic rings. The Bertz CT molecular complexity index is 267. The molecule has 106 valence electrons. The van der Waals surface area contributed by atoms with Crippen LogP contribution in [-0.4, -0.2) is 41.6 Å². The molecule has 0 aromatic carbocycles. The smallest absolute Gasteiger partial charge is 0.326 e. The van der Waals surface area contributed by atoms with Gasteiger partial charge in [-0.3, -0.25) is 0 Å². The molecule has 0 rings (SSSR count). The number of nitrogens with zero attached hydrogens (tertiary/aromatic N) is 1. The zero-order chi connectivity index (χ0) is 14.1. The van der Waals surface area contributed by atoms with Gasteiger partial charge in [0.15, 0.2) is 0 Å². The SMILES string of the molecule is CCCCCN(C)C(=O)N[C@H](CC(C)C)C(=O)O. The van der Waals surface area contributed by atoms with Crippen LogP contribution in [0.25, 0.3) is 0 Å². The molecule has 0 aliphatic rings. The Labute approximate surface area is 110 Å². The summed E-state index contributed by atoms with van der Waals surface area (Å²) in [6, 6.07) is -1.11. The van der Waals surface area contributed by atoms with Crippen LogP contribution in [0.5, 0.6) is 0 Å². The van der Waals surface area contributed by atoms with Gasteiger partial charge < -0.3 is 15.3 Å². The van der Waals surface area contributed by atoms with Crippen molar-refractivity contribution in [2.45, 2.75) is 52.5 Å². The van der Waals surface area contributed by atoms with Crippen molar-refractivity contribution in [3.63, 3.8) is 0 Å². The fourth-order valence-corrected chi connectivity index (χ4v) is 1.65. The Kier molecular flexibility index (Phi) is 8.16. The Balaban J connectivity index is 4.19. The van der Waals surface area contributed by atoms with Crippen molar-refractivity contribution in [3.8, 4) is 0 Å². The molecule has 0 unspecified atom stereocenters. The van der Waals surface area contributed by atoms with Crippen LogP contribution in [0.3, 0.4) is 0 Å². The summed E-state index contributed by atoms with van der Waals surface area (Å²) in [6.45, 7) is 6.64. The van der Waals surface area contributed by atoms with Gasteiger partial charge in [-0.25, -0.2) is 9.59 Å². The minimum atomic E-state index is -0.973. The van der Waals surface area contributed by atoms with Gasteiger partial charge in [0.25, 0.3) is 0 Å². The number of nitrogens with one attached hydrogen (secondary N) is 1. The molecule has 0 fully saturated rings. The van der Waals surface area contributed by atoms with Crippen molar-refractivity contribution < 1.29 is 14.7 Å². The van der Waals surface area contributed by atoms with Crippen molar-refractivity contribution >= 4 is 12.0 Å². The summed E-state index contributed by atoms with van der Waals surface area (Å²) in [5, 5.41) is 11.6. The van der Waals surface area contributed by atoms with E-state index in [4.69, 9.17) is 5.11 Å². The van der Waals surface area contributed by atoms with Crippen LogP contribution >= 0.6 is 0 Å². The number of carboxylic acids is 1. The molecule has 2 N–H and O–H groups in total. The molecule has 1 atom stereocenters. The lowest BCUT2D eigenvalue weighted by molar-refractivity contribution is -0.139. The molecule has 2 amide bonds. The van der Waals surface area contributed by atoms with Crippen LogP contribution in [0.4, 0.5) is 4.79 Å². The molecule has 0 saturated carbocycles. The predicted octanol–water partition coefficient (Wildman–Crippen LogP) is 2.32. The zero-order valence-electron chi connectivity index (χ0n) is 11.9. The number of hydrogen-bond donors (Lipinski definition) is 2. The molecule has 0 aliphatic carbocycles. The molecule has 0 aliphatic heterocycles. The molecule has 0 saturated heterocycles. The van der Waals surface area contributed by atoms with Gasteiger partial charge in [-0.05, 0) is 18.8 Å². The Morgan fingerprint density at radius 2 is 1.89 bits per heavy atom. The van der Waals surface area contributed by atoms with Crippen LogP contribution in [0, 0.1) is 5.92 Å². The highest BCUT2D eigenvalue weighted by Gasteiger charge is 2.22. The van der Waals surface area contributed by atoms with E-state index < -0.39 is 12.0 Å². The first-order valence-corrected chi connectivity index (χ1v) is 6.62. The standard InChI is InChI=1S/C13H26N2O3/c1-5-6-7-8-15(4)13(18)14-11(12(16)17)9-10(2)3/h10-11H,5-9H2,1-4H3,(H,14,18)(H,16,17)/t11-/m1/s1. The van der Waals surface area contributed by atoms with Gasteiger partial charge in [-0.2, -0.15) is 0 Å². The number of aliphatic carboxylic acids is 1. The van der Waals surface area contributed by atoms with E-state index in [1.54, 1.807) is 11.9 Å². The lowest BCUT2D eigenvalue weighted by Crippen LogP contribution is -2.47. The summed E-state index contributed by atoms with van der Waals surface area (Å²) < 4.78 is 0. The summed E-state index contributed by atoms with van der Waals surface area (Å²) >= 11 is 0. The summed E-state index contributed by atoms with van der Waals surface area (Å²) in [5.74, 6) is -0.740. The number of rotatable bonds is 8. The van der Waals surface area contributed by atoms with Crippen molar-refractivity contribution in [1.29, 1.82) is 0 Å². The Morgan fingerprint density at radius 3 is 2.33 bits per heavy atom. The van der Waals surface area contributed by atoms with Gasteiger partial charge in [0, 0.05) is 13.6 Å². The van der Waals surface area contributed by atoms with Crippen molar-refractivity contribution in [2.75, 3.05) is 13.6 Å². The summed E-state index contributed by atoms with van der Waals surface area (Å²) in [5.41, 5.74) is 0. The monoisotopic (exact) mass is 258 g/mol. The molecule has 5 heteroatoms. The summed E-state index contributed by atoms with van der Waals surface area (Å²) in [7, 11) is 1.69. The zero-order valence-corrected chi connectivity index (χ0v) is 11.9. The summed E-state index contributed by atoms with van der Waals surface area (Å²) in [4.78, 5) is 24.4. The van der Waals surface area contributed by atoms with Crippen molar-refractivity contribution in [1.82, 2.24) is 10.2 Å². The maximum Gasteiger partial charge on any atom is 0.326 e. The van der Waals surface area contributed by atoms with Gasteiger partial charge in [-0.15, -0.1) is 0 Å². The average Bonchev–Trinajstić information content (AvgIpc) is 2.27. The minimum Gasteiger partial charge on any atom is -0.480 e. The van der Waals surface area contributed by atoms with E-state index in [1.807, 2.05) is 13.8 Å². The quantitative estimate of drug-likeness (QED) is 0.656. The third-order valence-corrected chi connectivity index (χ3v) is 2.75. The second-order valence-corrected chi connectivity index (χ2v) is 5.10. The number of hydrogen-bond acceptors (Lipinski definition) is 2. The van der Waals surface area contributed by atoms with E-state index in [0.717, 1.165) is 19.3 Å². The Hall–Kier alpha value is -1.26. The van der Waals surface area contributed by atoms with Crippen molar-refractivity contribution in [2.24, 2.45) is 5.92 Å². The average molecular weight is 258 g/mol. The van der Waals surface area contributed by atoms with E-state index in [-0.39, 0.29) is 11.9 Å². The van der Waals surface area contributed by atoms with E-state index in [1.165, 1.54) is 0 Å². The van der Waals surface area contributed by atoms with Crippen LogP contribution < -0.4 is 5.32 Å². The molecule has 5 nitrogen and oxygen atoms in total. The van der Waals surface area contributed by atoms with Crippen LogP contribution in [0.1, 0.15) is 46.5 Å². The molecular weight excluding hydrogens is 232 g/mol. The number of carbonyl (C=O) groups excluding carboxylic acids is 1. The van der Waals surface area contributed by atoms with Gasteiger partial charge >= 0.3 is 12.0 Å². The molecule has 18 heavy (non-hydrogen) atoms. The minimum absolute atomic E-state index is 0.233.